The maximum absolute atomic E-state index is 12.2. The van der Waals surface area contributed by atoms with Crippen molar-refractivity contribution >= 4 is 11.8 Å². The van der Waals surface area contributed by atoms with Crippen molar-refractivity contribution in [2.24, 2.45) is 16.8 Å². The fourth-order valence-corrected chi connectivity index (χ4v) is 2.50. The summed E-state index contributed by atoms with van der Waals surface area (Å²) < 4.78 is 0. The maximum Gasteiger partial charge on any atom is 0.342 e. The summed E-state index contributed by atoms with van der Waals surface area (Å²) in [6.07, 6.45) is 1.02. The predicted molar refractivity (Wildman–Crippen MR) is 101 cm³/mol. The number of nitrogens with zero attached hydrogens (tertiary/aromatic N) is 1. The highest BCUT2D eigenvalue weighted by Crippen LogP contribution is 2.19. The van der Waals surface area contributed by atoms with Crippen LogP contribution in [0.1, 0.15) is 48.9 Å². The lowest BCUT2D eigenvalue weighted by atomic mass is 9.97. The van der Waals surface area contributed by atoms with E-state index in [4.69, 9.17) is 10.6 Å². The molecule has 132 valence electrons. The quantitative estimate of drug-likeness (QED) is 0.372. The van der Waals surface area contributed by atoms with Gasteiger partial charge >= 0.3 is 5.97 Å². The molecule has 0 heterocycles. The highest BCUT2D eigenvalue weighted by molar-refractivity contribution is 5.97. The molecule has 0 saturated heterocycles. The molecule has 0 aliphatic heterocycles. The minimum atomic E-state index is -0.424. The summed E-state index contributed by atoms with van der Waals surface area (Å²) in [6.45, 7) is 8.16. The summed E-state index contributed by atoms with van der Waals surface area (Å²) >= 11 is 0. The van der Waals surface area contributed by atoms with Crippen LogP contribution < -0.4 is 5.73 Å². The zero-order chi connectivity index (χ0) is 18.4. The van der Waals surface area contributed by atoms with Crippen LogP contribution in [0, 0.1) is 12.8 Å². The Bertz CT molecular complexity index is 731. The number of rotatable bonds is 6. The first-order valence-electron chi connectivity index (χ1n) is 8.57. The van der Waals surface area contributed by atoms with Gasteiger partial charge in [0.05, 0.1) is 5.92 Å². The van der Waals surface area contributed by atoms with E-state index in [2.05, 4.69) is 31.1 Å². The second-order valence-electron chi connectivity index (χ2n) is 6.81. The fraction of sp³-hybridized carbons (Fsp3) is 0.333. The standard InChI is InChI=1S/C21H26N2O2/c1-14(2)13-17-7-11-18(12-8-17)16(4)21(24)25-23-20(22)19-9-5-15(3)6-10-19/h5-12,14,16H,13H2,1-4H3,(H2,22,23). The van der Waals surface area contributed by atoms with Gasteiger partial charge in [-0.05, 0) is 37.3 Å². The zero-order valence-electron chi connectivity index (χ0n) is 15.3. The number of hydrogen-bond acceptors (Lipinski definition) is 3. The fourth-order valence-electron chi connectivity index (χ4n) is 2.50. The van der Waals surface area contributed by atoms with Crippen LogP contribution in [0.5, 0.6) is 0 Å². The van der Waals surface area contributed by atoms with Gasteiger partial charge in [0.2, 0.25) is 0 Å². The molecule has 4 nitrogen and oxygen atoms in total. The highest BCUT2D eigenvalue weighted by Gasteiger charge is 2.17. The van der Waals surface area contributed by atoms with E-state index in [1.807, 2.05) is 43.3 Å². The van der Waals surface area contributed by atoms with Gasteiger partial charge in [-0.3, -0.25) is 0 Å². The van der Waals surface area contributed by atoms with Crippen molar-refractivity contribution in [3.63, 3.8) is 0 Å². The van der Waals surface area contributed by atoms with Crippen molar-refractivity contribution in [1.29, 1.82) is 0 Å². The molecule has 1 atom stereocenters. The molecular formula is C21H26N2O2. The molecule has 0 aliphatic rings. The Kier molecular flexibility index (Phi) is 6.34. The number of oxime groups is 1. The molecule has 0 aliphatic carbocycles. The summed E-state index contributed by atoms with van der Waals surface area (Å²) in [7, 11) is 0. The summed E-state index contributed by atoms with van der Waals surface area (Å²) in [6, 6.07) is 15.6. The summed E-state index contributed by atoms with van der Waals surface area (Å²) in [5, 5.41) is 3.77. The first kappa shape index (κ1) is 18.7. The number of carbonyl (C=O) groups is 1. The van der Waals surface area contributed by atoms with Crippen LogP contribution in [0.25, 0.3) is 0 Å². The molecule has 0 saturated carbocycles. The summed E-state index contributed by atoms with van der Waals surface area (Å²) in [5.74, 6) is -0.0329. The van der Waals surface area contributed by atoms with Gasteiger partial charge in [-0.1, -0.05) is 73.1 Å². The second-order valence-corrected chi connectivity index (χ2v) is 6.81. The van der Waals surface area contributed by atoms with Gasteiger partial charge in [0.25, 0.3) is 0 Å². The smallest absolute Gasteiger partial charge is 0.342 e. The Labute approximate surface area is 149 Å². The molecule has 0 aromatic heterocycles. The lowest BCUT2D eigenvalue weighted by molar-refractivity contribution is -0.145. The molecule has 2 aromatic rings. The van der Waals surface area contributed by atoms with Crippen LogP contribution >= 0.6 is 0 Å². The normalized spacial score (nSPS) is 12.9. The minimum Gasteiger partial charge on any atom is -0.380 e. The van der Waals surface area contributed by atoms with Crippen LogP contribution in [-0.4, -0.2) is 11.8 Å². The minimum absolute atomic E-state index is 0.188. The van der Waals surface area contributed by atoms with Crippen molar-refractivity contribution < 1.29 is 9.63 Å². The number of carbonyl (C=O) groups excluding carboxylic acids is 1. The average molecular weight is 338 g/mol. The maximum atomic E-state index is 12.2. The molecule has 25 heavy (non-hydrogen) atoms. The van der Waals surface area contributed by atoms with E-state index >= 15 is 0 Å². The first-order valence-corrected chi connectivity index (χ1v) is 8.57. The number of aryl methyl sites for hydroxylation is 1. The van der Waals surface area contributed by atoms with Crippen LogP contribution in [0.3, 0.4) is 0 Å². The van der Waals surface area contributed by atoms with Gasteiger partial charge in [-0.25, -0.2) is 4.79 Å². The Morgan fingerprint density at radius 1 is 1.04 bits per heavy atom. The van der Waals surface area contributed by atoms with Crippen LogP contribution in [-0.2, 0) is 16.1 Å². The van der Waals surface area contributed by atoms with Crippen LogP contribution in [0.15, 0.2) is 53.7 Å². The molecule has 0 fully saturated rings. The third-order valence-electron chi connectivity index (χ3n) is 4.06. The second kappa shape index (κ2) is 8.47. The van der Waals surface area contributed by atoms with Crippen molar-refractivity contribution in [1.82, 2.24) is 0 Å². The zero-order valence-corrected chi connectivity index (χ0v) is 15.3. The molecule has 0 radical (unpaired) electrons. The number of hydrogen-bond donors (Lipinski definition) is 1. The molecular weight excluding hydrogens is 312 g/mol. The van der Waals surface area contributed by atoms with E-state index in [-0.39, 0.29) is 5.84 Å². The SMILES string of the molecule is Cc1ccc(C(N)=NOC(=O)C(C)c2ccc(CC(C)C)cc2)cc1. The third-order valence-corrected chi connectivity index (χ3v) is 4.06. The van der Waals surface area contributed by atoms with E-state index in [0.29, 0.717) is 5.92 Å². The highest BCUT2D eigenvalue weighted by atomic mass is 16.7. The number of benzene rings is 2. The Morgan fingerprint density at radius 2 is 1.64 bits per heavy atom. The topological polar surface area (TPSA) is 64.7 Å². The van der Waals surface area contributed by atoms with E-state index in [9.17, 15) is 4.79 Å². The monoisotopic (exact) mass is 338 g/mol. The average Bonchev–Trinajstić information content (AvgIpc) is 2.59. The van der Waals surface area contributed by atoms with Gasteiger partial charge in [0.1, 0.15) is 0 Å². The molecule has 4 heteroatoms. The molecule has 0 amide bonds. The first-order chi connectivity index (χ1) is 11.9. The molecule has 0 spiro atoms. The Hall–Kier alpha value is -2.62. The summed E-state index contributed by atoms with van der Waals surface area (Å²) in [4.78, 5) is 17.2. The van der Waals surface area contributed by atoms with Crippen molar-refractivity contribution in [3.05, 3.63) is 70.8 Å². The van der Waals surface area contributed by atoms with Gasteiger partial charge in [-0.2, -0.15) is 0 Å². The van der Waals surface area contributed by atoms with Gasteiger partial charge in [0, 0.05) is 5.56 Å². The predicted octanol–water partition coefficient (Wildman–Crippen LogP) is 4.16. The van der Waals surface area contributed by atoms with Crippen LogP contribution in [0.2, 0.25) is 0 Å². The number of nitrogens with two attached hydrogens (primary N) is 1. The Balaban J connectivity index is 1.99. The van der Waals surface area contributed by atoms with Gasteiger partial charge in [0.15, 0.2) is 5.84 Å². The largest absolute Gasteiger partial charge is 0.380 e. The lowest BCUT2D eigenvalue weighted by Gasteiger charge is -2.11. The molecule has 1 unspecified atom stereocenters. The molecule has 2 rings (SSSR count). The van der Waals surface area contributed by atoms with E-state index in [1.54, 1.807) is 6.92 Å². The van der Waals surface area contributed by atoms with Gasteiger partial charge in [-0.15, -0.1) is 0 Å². The van der Waals surface area contributed by atoms with Crippen molar-refractivity contribution in [2.75, 3.05) is 0 Å². The van der Waals surface area contributed by atoms with Gasteiger partial charge < -0.3 is 10.6 Å². The van der Waals surface area contributed by atoms with E-state index < -0.39 is 11.9 Å². The van der Waals surface area contributed by atoms with Crippen LogP contribution in [0.4, 0.5) is 0 Å². The molecule has 2 N–H and O–H groups in total. The van der Waals surface area contributed by atoms with E-state index in [1.165, 1.54) is 5.56 Å². The van der Waals surface area contributed by atoms with Crippen molar-refractivity contribution in [2.45, 2.75) is 40.0 Å². The number of amidine groups is 1. The Morgan fingerprint density at radius 3 is 2.20 bits per heavy atom. The third kappa shape index (κ3) is 5.45. The summed E-state index contributed by atoms with van der Waals surface area (Å²) in [5.41, 5.74) is 9.89. The molecule has 0 bridgehead atoms. The lowest BCUT2D eigenvalue weighted by Crippen LogP contribution is -2.17. The van der Waals surface area contributed by atoms with Crippen molar-refractivity contribution in [3.8, 4) is 0 Å². The molecule has 2 aromatic carbocycles. The van der Waals surface area contributed by atoms with E-state index in [0.717, 1.165) is 23.1 Å².